The first-order valence-electron chi connectivity index (χ1n) is 6.15. The number of hydrogen-bond donors (Lipinski definition) is 1. The average Bonchev–Trinajstić information content (AvgIpc) is 2.90. The van der Waals surface area contributed by atoms with Crippen molar-refractivity contribution in [3.05, 3.63) is 58.6 Å². The highest BCUT2D eigenvalue weighted by atomic mass is 79.9. The van der Waals surface area contributed by atoms with Gasteiger partial charge in [0.05, 0.1) is 12.7 Å². The fourth-order valence-electron chi connectivity index (χ4n) is 2.25. The van der Waals surface area contributed by atoms with Crippen LogP contribution in [-0.2, 0) is 4.74 Å². The van der Waals surface area contributed by atoms with E-state index in [1.54, 1.807) is 6.07 Å². The molecule has 20 heavy (non-hydrogen) atoms. The van der Waals surface area contributed by atoms with E-state index in [2.05, 4.69) is 20.9 Å². The molecule has 0 aliphatic carbocycles. The number of ether oxygens (including phenoxy) is 1. The van der Waals surface area contributed by atoms with Crippen molar-refractivity contribution in [1.82, 2.24) is 4.98 Å². The van der Waals surface area contributed by atoms with E-state index in [4.69, 9.17) is 4.74 Å². The summed E-state index contributed by atoms with van der Waals surface area (Å²) >= 11 is 3.44. The Morgan fingerprint density at radius 1 is 1.15 bits per heavy atom. The van der Waals surface area contributed by atoms with E-state index in [-0.39, 0.29) is 5.97 Å². The van der Waals surface area contributed by atoms with Crippen molar-refractivity contribution in [3.63, 3.8) is 0 Å². The maximum absolute atomic E-state index is 11.9. The smallest absolute Gasteiger partial charge is 0.338 e. The summed E-state index contributed by atoms with van der Waals surface area (Å²) in [6.45, 7) is 0. The van der Waals surface area contributed by atoms with Crippen molar-refractivity contribution in [3.8, 4) is 11.3 Å². The lowest BCUT2D eigenvalue weighted by Crippen LogP contribution is -2.03. The summed E-state index contributed by atoms with van der Waals surface area (Å²) in [5.74, 6) is -0.342. The van der Waals surface area contributed by atoms with Gasteiger partial charge in [0.1, 0.15) is 0 Å². The van der Waals surface area contributed by atoms with Gasteiger partial charge in [-0.25, -0.2) is 4.79 Å². The number of nitrogens with one attached hydrogen (secondary N) is 1. The highest BCUT2D eigenvalue weighted by Gasteiger charge is 2.15. The molecule has 0 bridgehead atoms. The Hall–Kier alpha value is -2.07. The van der Waals surface area contributed by atoms with Crippen molar-refractivity contribution < 1.29 is 9.53 Å². The third-order valence-corrected chi connectivity index (χ3v) is 3.70. The van der Waals surface area contributed by atoms with E-state index in [1.165, 1.54) is 7.11 Å². The quantitative estimate of drug-likeness (QED) is 0.709. The van der Waals surface area contributed by atoms with Gasteiger partial charge in [-0.2, -0.15) is 0 Å². The lowest BCUT2D eigenvalue weighted by atomic mass is 10.0. The summed E-state index contributed by atoms with van der Waals surface area (Å²) in [4.78, 5) is 15.2. The van der Waals surface area contributed by atoms with E-state index in [0.29, 0.717) is 5.56 Å². The molecular weight excluding hydrogens is 318 g/mol. The van der Waals surface area contributed by atoms with Gasteiger partial charge in [0, 0.05) is 26.6 Å². The Labute approximate surface area is 124 Å². The molecular formula is C16H12BrNO2. The average molecular weight is 330 g/mol. The maximum Gasteiger partial charge on any atom is 0.338 e. The van der Waals surface area contributed by atoms with Crippen LogP contribution >= 0.6 is 15.9 Å². The molecule has 100 valence electrons. The molecule has 2 aromatic carbocycles. The van der Waals surface area contributed by atoms with Crippen LogP contribution < -0.4 is 0 Å². The Kier molecular flexibility index (Phi) is 3.32. The number of rotatable bonds is 2. The highest BCUT2D eigenvalue weighted by molar-refractivity contribution is 9.10. The molecule has 0 aliphatic heterocycles. The second kappa shape index (κ2) is 5.13. The number of esters is 1. The van der Waals surface area contributed by atoms with Crippen LogP contribution in [0.15, 0.2) is 53.0 Å². The number of methoxy groups -OCH3 is 1. The normalized spacial score (nSPS) is 10.7. The molecule has 1 N–H and O–H groups in total. The van der Waals surface area contributed by atoms with Crippen LogP contribution in [0.4, 0.5) is 0 Å². The van der Waals surface area contributed by atoms with Gasteiger partial charge in [0.2, 0.25) is 0 Å². The third kappa shape index (κ3) is 2.23. The van der Waals surface area contributed by atoms with Gasteiger partial charge in [-0.15, -0.1) is 0 Å². The van der Waals surface area contributed by atoms with Crippen molar-refractivity contribution >= 4 is 32.8 Å². The van der Waals surface area contributed by atoms with Crippen molar-refractivity contribution in [2.45, 2.75) is 0 Å². The molecule has 4 heteroatoms. The lowest BCUT2D eigenvalue weighted by Gasteiger charge is -2.07. The molecule has 1 heterocycles. The van der Waals surface area contributed by atoms with E-state index >= 15 is 0 Å². The van der Waals surface area contributed by atoms with Crippen LogP contribution in [0.25, 0.3) is 22.2 Å². The first-order valence-corrected chi connectivity index (χ1v) is 6.94. The molecule has 0 aliphatic rings. The molecule has 1 aromatic heterocycles. The number of fused-ring (bicyclic) bond motifs is 1. The first-order chi connectivity index (χ1) is 9.69. The standard InChI is InChI=1S/C16H12BrNO2/c1-20-16(19)12-7-6-11(17)9-13(12)15-8-10-4-2-3-5-14(10)18-15/h2-9,18H,1H3. The summed E-state index contributed by atoms with van der Waals surface area (Å²) < 4.78 is 5.76. The van der Waals surface area contributed by atoms with Crippen molar-refractivity contribution in [2.75, 3.05) is 7.11 Å². The topological polar surface area (TPSA) is 42.1 Å². The predicted octanol–water partition coefficient (Wildman–Crippen LogP) is 4.38. The van der Waals surface area contributed by atoms with E-state index in [9.17, 15) is 4.79 Å². The number of hydrogen-bond acceptors (Lipinski definition) is 2. The number of aromatic nitrogens is 1. The minimum absolute atomic E-state index is 0.342. The molecule has 0 spiro atoms. The largest absolute Gasteiger partial charge is 0.465 e. The highest BCUT2D eigenvalue weighted by Crippen LogP contribution is 2.29. The van der Waals surface area contributed by atoms with Crippen LogP contribution in [0.1, 0.15) is 10.4 Å². The van der Waals surface area contributed by atoms with Gasteiger partial charge >= 0.3 is 5.97 Å². The number of H-pyrrole nitrogens is 1. The SMILES string of the molecule is COC(=O)c1ccc(Br)cc1-c1cc2ccccc2[nH]1. The molecule has 0 saturated carbocycles. The second-order valence-electron chi connectivity index (χ2n) is 4.45. The fourth-order valence-corrected chi connectivity index (χ4v) is 2.61. The Balaban J connectivity index is 2.22. The lowest BCUT2D eigenvalue weighted by molar-refractivity contribution is 0.0601. The minimum Gasteiger partial charge on any atom is -0.465 e. The maximum atomic E-state index is 11.9. The second-order valence-corrected chi connectivity index (χ2v) is 5.37. The zero-order chi connectivity index (χ0) is 14.1. The van der Waals surface area contributed by atoms with E-state index < -0.39 is 0 Å². The van der Waals surface area contributed by atoms with E-state index in [0.717, 1.165) is 26.6 Å². The predicted molar refractivity (Wildman–Crippen MR) is 82.8 cm³/mol. The summed E-state index contributed by atoms with van der Waals surface area (Å²) in [5, 5.41) is 1.11. The number of para-hydroxylation sites is 1. The number of aromatic amines is 1. The van der Waals surface area contributed by atoms with Gasteiger partial charge in [-0.05, 0) is 30.3 Å². The molecule has 0 fully saturated rings. The van der Waals surface area contributed by atoms with Crippen molar-refractivity contribution in [2.24, 2.45) is 0 Å². The fraction of sp³-hybridized carbons (Fsp3) is 0.0625. The molecule has 0 radical (unpaired) electrons. The summed E-state index contributed by atoms with van der Waals surface area (Å²) in [6, 6.07) is 15.5. The van der Waals surface area contributed by atoms with Crippen LogP contribution in [-0.4, -0.2) is 18.1 Å². The number of carbonyl (C=O) groups is 1. The summed E-state index contributed by atoms with van der Waals surface area (Å²) in [7, 11) is 1.39. The Morgan fingerprint density at radius 3 is 2.70 bits per heavy atom. The van der Waals surface area contributed by atoms with Crippen LogP contribution in [0.5, 0.6) is 0 Å². The zero-order valence-corrected chi connectivity index (χ0v) is 12.4. The van der Waals surface area contributed by atoms with Crippen LogP contribution in [0.2, 0.25) is 0 Å². The van der Waals surface area contributed by atoms with Gasteiger partial charge in [-0.1, -0.05) is 34.1 Å². The number of halogens is 1. The van der Waals surface area contributed by atoms with Crippen LogP contribution in [0.3, 0.4) is 0 Å². The molecule has 0 atom stereocenters. The molecule has 3 nitrogen and oxygen atoms in total. The molecule has 0 unspecified atom stereocenters. The Morgan fingerprint density at radius 2 is 1.95 bits per heavy atom. The zero-order valence-electron chi connectivity index (χ0n) is 10.8. The number of carbonyl (C=O) groups excluding carboxylic acids is 1. The first kappa shape index (κ1) is 12.9. The van der Waals surface area contributed by atoms with E-state index in [1.807, 2.05) is 42.5 Å². The van der Waals surface area contributed by atoms with Gasteiger partial charge in [-0.3, -0.25) is 0 Å². The number of benzene rings is 2. The monoisotopic (exact) mass is 329 g/mol. The van der Waals surface area contributed by atoms with Crippen molar-refractivity contribution in [1.29, 1.82) is 0 Å². The minimum atomic E-state index is -0.342. The van der Waals surface area contributed by atoms with Gasteiger partial charge in [0.15, 0.2) is 0 Å². The Bertz CT molecular complexity index is 759. The van der Waals surface area contributed by atoms with Gasteiger partial charge < -0.3 is 9.72 Å². The molecule has 3 rings (SSSR count). The third-order valence-electron chi connectivity index (χ3n) is 3.21. The molecule has 0 amide bonds. The summed E-state index contributed by atoms with van der Waals surface area (Å²) in [5.41, 5.74) is 3.30. The van der Waals surface area contributed by atoms with Crippen LogP contribution in [0, 0.1) is 0 Å². The van der Waals surface area contributed by atoms with Gasteiger partial charge in [0.25, 0.3) is 0 Å². The summed E-state index contributed by atoms with van der Waals surface area (Å²) in [6.07, 6.45) is 0. The molecule has 0 saturated heterocycles. The molecule has 3 aromatic rings.